The maximum atomic E-state index is 12.8. The molecule has 0 aliphatic heterocycles. The molecule has 0 radical (unpaired) electrons. The summed E-state index contributed by atoms with van der Waals surface area (Å²) in [6.45, 7) is 1.76. The minimum Gasteiger partial charge on any atom is -0.480 e. The van der Waals surface area contributed by atoms with Crippen molar-refractivity contribution in [3.8, 4) is 11.1 Å². The zero-order valence-corrected chi connectivity index (χ0v) is 21.4. The number of hydrogen-bond acceptors (Lipinski definition) is 5. The van der Waals surface area contributed by atoms with Crippen molar-refractivity contribution in [3.05, 3.63) is 105 Å². The predicted octanol–water partition coefficient (Wildman–Crippen LogP) is 5.63. The van der Waals surface area contributed by atoms with Crippen molar-refractivity contribution in [2.45, 2.75) is 25.8 Å². The Morgan fingerprint density at radius 2 is 1.73 bits per heavy atom. The summed E-state index contributed by atoms with van der Waals surface area (Å²) < 4.78 is 12.2. The number of furan rings is 1. The minimum atomic E-state index is -1.15. The molecule has 8 heteroatoms. The zero-order chi connectivity index (χ0) is 26.1. The summed E-state index contributed by atoms with van der Waals surface area (Å²) in [7, 11) is 0. The number of aliphatic carboxylic acids is 1. The molecule has 186 valence electrons. The Morgan fingerprint density at radius 1 is 1.00 bits per heavy atom. The fourth-order valence-electron chi connectivity index (χ4n) is 4.42. The van der Waals surface area contributed by atoms with Crippen LogP contribution in [0.5, 0.6) is 0 Å². The fourth-order valence-corrected chi connectivity index (χ4v) is 4.69. The number of carboxylic acid groups (broad SMARTS) is 1. The summed E-state index contributed by atoms with van der Waals surface area (Å²) in [4.78, 5) is 37.4. The fraction of sp³-hybridized carbons (Fsp3) is 0.138. The van der Waals surface area contributed by atoms with E-state index in [2.05, 4.69) is 21.2 Å². The first-order valence-corrected chi connectivity index (χ1v) is 12.4. The molecule has 2 heterocycles. The van der Waals surface area contributed by atoms with Crippen LogP contribution >= 0.6 is 15.9 Å². The average molecular weight is 560 g/mol. The van der Waals surface area contributed by atoms with Crippen molar-refractivity contribution in [1.82, 2.24) is 5.32 Å². The van der Waals surface area contributed by atoms with Crippen LogP contribution in [0.25, 0.3) is 33.1 Å². The highest BCUT2D eigenvalue weighted by molar-refractivity contribution is 9.10. The normalized spacial score (nSPS) is 12.1. The SMILES string of the molecule is Cc1c(CC(=O)NC(Cc2ccccc2)C(=O)O)c(=O)oc2cc3occ(-c4ccc(Br)cc4)c3cc12. The molecule has 37 heavy (non-hydrogen) atoms. The molecule has 5 aromatic rings. The zero-order valence-electron chi connectivity index (χ0n) is 19.8. The minimum absolute atomic E-state index is 0.129. The Morgan fingerprint density at radius 3 is 2.43 bits per heavy atom. The molecule has 0 aliphatic carbocycles. The highest BCUT2D eigenvalue weighted by atomic mass is 79.9. The number of nitrogens with one attached hydrogen (secondary N) is 1. The largest absolute Gasteiger partial charge is 0.480 e. The quantitative estimate of drug-likeness (QED) is 0.250. The van der Waals surface area contributed by atoms with Gasteiger partial charge in [0, 0.05) is 33.3 Å². The van der Waals surface area contributed by atoms with Gasteiger partial charge in [-0.15, -0.1) is 0 Å². The van der Waals surface area contributed by atoms with Gasteiger partial charge in [0.05, 0.1) is 18.2 Å². The predicted molar refractivity (Wildman–Crippen MR) is 144 cm³/mol. The topological polar surface area (TPSA) is 110 Å². The van der Waals surface area contributed by atoms with E-state index in [1.54, 1.807) is 43.5 Å². The number of hydrogen-bond donors (Lipinski definition) is 2. The van der Waals surface area contributed by atoms with Crippen molar-refractivity contribution in [3.63, 3.8) is 0 Å². The molecule has 5 rings (SSSR count). The van der Waals surface area contributed by atoms with E-state index in [-0.39, 0.29) is 18.4 Å². The molecule has 0 aliphatic rings. The van der Waals surface area contributed by atoms with E-state index in [4.69, 9.17) is 8.83 Å². The molecule has 1 unspecified atom stereocenters. The molecular weight excluding hydrogens is 538 g/mol. The van der Waals surface area contributed by atoms with Gasteiger partial charge in [0.25, 0.3) is 0 Å². The summed E-state index contributed by atoms with van der Waals surface area (Å²) >= 11 is 3.44. The van der Waals surface area contributed by atoms with E-state index in [0.717, 1.165) is 26.5 Å². The molecule has 0 spiro atoms. The van der Waals surface area contributed by atoms with Crippen LogP contribution in [0.15, 0.2) is 91.1 Å². The van der Waals surface area contributed by atoms with E-state index in [1.165, 1.54) is 0 Å². The summed E-state index contributed by atoms with van der Waals surface area (Å²) in [5, 5.41) is 13.7. The van der Waals surface area contributed by atoms with Gasteiger partial charge in [0.2, 0.25) is 5.91 Å². The summed E-state index contributed by atoms with van der Waals surface area (Å²) in [5.41, 5.74) is 3.69. The molecule has 0 saturated heterocycles. The molecule has 2 N–H and O–H groups in total. The lowest BCUT2D eigenvalue weighted by molar-refractivity contribution is -0.141. The number of carboxylic acids is 1. The summed E-state index contributed by atoms with van der Waals surface area (Å²) in [6.07, 6.45) is 1.49. The third kappa shape index (κ3) is 5.06. The lowest BCUT2D eigenvalue weighted by Crippen LogP contribution is -2.43. The van der Waals surface area contributed by atoms with Gasteiger partial charge in [-0.2, -0.15) is 0 Å². The van der Waals surface area contributed by atoms with E-state index in [0.29, 0.717) is 22.1 Å². The van der Waals surface area contributed by atoms with Crippen molar-refractivity contribution >= 4 is 49.7 Å². The van der Waals surface area contributed by atoms with Gasteiger partial charge in [0.15, 0.2) is 0 Å². The van der Waals surface area contributed by atoms with Crippen LogP contribution in [-0.4, -0.2) is 23.0 Å². The van der Waals surface area contributed by atoms with Crippen molar-refractivity contribution in [1.29, 1.82) is 0 Å². The lowest BCUT2D eigenvalue weighted by Gasteiger charge is -2.15. The van der Waals surface area contributed by atoms with Crippen LogP contribution in [-0.2, 0) is 22.4 Å². The number of carbonyl (C=O) groups is 2. The second kappa shape index (κ2) is 10.1. The van der Waals surface area contributed by atoms with Gasteiger partial charge in [-0.05, 0) is 41.8 Å². The van der Waals surface area contributed by atoms with Gasteiger partial charge in [-0.1, -0.05) is 58.4 Å². The first-order chi connectivity index (χ1) is 17.8. The Hall–Kier alpha value is -4.17. The van der Waals surface area contributed by atoms with Gasteiger partial charge >= 0.3 is 11.6 Å². The van der Waals surface area contributed by atoms with Gasteiger partial charge < -0.3 is 19.3 Å². The Labute approximate surface area is 219 Å². The number of fused-ring (bicyclic) bond motifs is 2. The third-order valence-electron chi connectivity index (χ3n) is 6.39. The van der Waals surface area contributed by atoms with Crippen LogP contribution < -0.4 is 10.9 Å². The number of amides is 1. The average Bonchev–Trinajstić information content (AvgIpc) is 3.29. The van der Waals surface area contributed by atoms with E-state index in [9.17, 15) is 19.5 Å². The van der Waals surface area contributed by atoms with Crippen LogP contribution in [0.4, 0.5) is 0 Å². The molecule has 1 amide bonds. The Bertz CT molecular complexity index is 1690. The van der Waals surface area contributed by atoms with Crippen molar-refractivity contribution in [2.75, 3.05) is 0 Å². The van der Waals surface area contributed by atoms with Gasteiger partial charge in [-0.3, -0.25) is 4.79 Å². The molecule has 0 bridgehead atoms. The number of rotatable bonds is 7. The van der Waals surface area contributed by atoms with Crippen LogP contribution in [0.1, 0.15) is 16.7 Å². The molecule has 3 aromatic carbocycles. The number of halogens is 1. The number of aryl methyl sites for hydroxylation is 1. The van der Waals surface area contributed by atoms with Crippen LogP contribution in [0, 0.1) is 6.92 Å². The lowest BCUT2D eigenvalue weighted by atomic mass is 9.99. The molecular formula is C29H22BrNO6. The molecule has 1 atom stereocenters. The van der Waals surface area contributed by atoms with E-state index >= 15 is 0 Å². The smallest absolute Gasteiger partial charge is 0.340 e. The first-order valence-electron chi connectivity index (χ1n) is 11.6. The second-order valence-electron chi connectivity index (χ2n) is 8.82. The second-order valence-corrected chi connectivity index (χ2v) is 9.73. The van der Waals surface area contributed by atoms with E-state index < -0.39 is 23.5 Å². The van der Waals surface area contributed by atoms with Crippen LogP contribution in [0.2, 0.25) is 0 Å². The van der Waals surface area contributed by atoms with Crippen molar-refractivity contribution in [2.24, 2.45) is 0 Å². The van der Waals surface area contributed by atoms with Crippen molar-refractivity contribution < 1.29 is 23.5 Å². The monoisotopic (exact) mass is 559 g/mol. The van der Waals surface area contributed by atoms with E-state index in [1.807, 2.05) is 36.4 Å². The Balaban J connectivity index is 1.46. The molecule has 2 aromatic heterocycles. The van der Waals surface area contributed by atoms with Gasteiger partial charge in [0.1, 0.15) is 17.2 Å². The summed E-state index contributed by atoms with van der Waals surface area (Å²) in [5.74, 6) is -1.72. The van der Waals surface area contributed by atoms with Gasteiger partial charge in [-0.25, -0.2) is 9.59 Å². The summed E-state index contributed by atoms with van der Waals surface area (Å²) in [6, 6.07) is 19.3. The maximum absolute atomic E-state index is 12.8. The first kappa shape index (κ1) is 24.5. The van der Waals surface area contributed by atoms with Crippen LogP contribution in [0.3, 0.4) is 0 Å². The number of benzene rings is 3. The number of carbonyl (C=O) groups excluding carboxylic acids is 1. The Kier molecular flexibility index (Phi) is 6.67. The maximum Gasteiger partial charge on any atom is 0.340 e. The standard InChI is InChI=1S/C29H22BrNO6/c1-16-20-12-22-23(18-7-9-19(30)10-8-18)15-36-25(22)14-26(20)37-29(35)21(16)13-27(32)31-24(28(33)34)11-17-5-3-2-4-6-17/h2-10,12,14-15,24H,11,13H2,1H3,(H,31,32)(H,33,34). The highest BCUT2D eigenvalue weighted by Crippen LogP contribution is 2.35. The molecule has 0 saturated carbocycles. The molecule has 0 fully saturated rings. The molecule has 7 nitrogen and oxygen atoms in total. The highest BCUT2D eigenvalue weighted by Gasteiger charge is 2.23. The third-order valence-corrected chi connectivity index (χ3v) is 6.92.